The number of fused-ring (bicyclic) bond motifs is 19. The Morgan fingerprint density at radius 1 is 0.271 bits per heavy atom. The van der Waals surface area contributed by atoms with E-state index in [2.05, 4.69) is 164 Å². The van der Waals surface area contributed by atoms with Crippen LogP contribution in [0, 0.1) is 0 Å². The van der Waals surface area contributed by atoms with Gasteiger partial charge < -0.3 is 0 Å². The Labute approximate surface area is 276 Å². The number of hydrogen-bond acceptors (Lipinski definition) is 1. The molecule has 220 valence electrons. The summed E-state index contributed by atoms with van der Waals surface area (Å²) in [7, 11) is 0. The third kappa shape index (κ3) is 3.37. The fourth-order valence-electron chi connectivity index (χ4n) is 8.63. The smallest absolute Gasteiger partial charge is 0.0787 e. The molecule has 48 heavy (non-hydrogen) atoms. The lowest BCUT2D eigenvalue weighted by Gasteiger charge is -2.18. The monoisotopic (exact) mass is 605 g/mol. The van der Waals surface area contributed by atoms with Gasteiger partial charge in [0.2, 0.25) is 0 Å². The van der Waals surface area contributed by atoms with Gasteiger partial charge in [-0.25, -0.2) is 0 Å². The second kappa shape index (κ2) is 9.61. The Hall–Kier alpha value is -6.31. The minimum absolute atomic E-state index is 1.03. The minimum Gasteiger partial charge on any atom is -0.255 e. The van der Waals surface area contributed by atoms with Gasteiger partial charge in [-0.15, -0.1) is 0 Å². The number of hydrogen-bond donors (Lipinski definition) is 0. The maximum Gasteiger partial charge on any atom is 0.0787 e. The Bertz CT molecular complexity index is 3130. The molecule has 0 bridgehead atoms. The molecule has 1 aromatic heterocycles. The summed E-state index contributed by atoms with van der Waals surface area (Å²) in [6.45, 7) is 0. The molecule has 11 aromatic rings. The Balaban J connectivity index is 1.28. The van der Waals surface area contributed by atoms with Crippen LogP contribution in [0.2, 0.25) is 0 Å². The van der Waals surface area contributed by atoms with Crippen molar-refractivity contribution in [1.82, 2.24) is 4.98 Å². The molecule has 0 aliphatic heterocycles. The van der Waals surface area contributed by atoms with Gasteiger partial charge in [-0.3, -0.25) is 4.98 Å². The van der Waals surface area contributed by atoms with Crippen LogP contribution in [0.3, 0.4) is 0 Å². The van der Waals surface area contributed by atoms with Crippen LogP contribution in [0.4, 0.5) is 0 Å². The summed E-state index contributed by atoms with van der Waals surface area (Å²) in [5, 5.41) is 21.6. The molecule has 0 aliphatic carbocycles. The van der Waals surface area contributed by atoms with Gasteiger partial charge in [-0.05, 0) is 81.7 Å². The first-order valence-corrected chi connectivity index (χ1v) is 16.6. The van der Waals surface area contributed by atoms with Gasteiger partial charge in [-0.2, -0.15) is 0 Å². The van der Waals surface area contributed by atoms with Crippen LogP contribution in [0.15, 0.2) is 164 Å². The maximum absolute atomic E-state index is 5.32. The molecule has 0 N–H and O–H groups in total. The van der Waals surface area contributed by atoms with Crippen LogP contribution in [0.5, 0.6) is 0 Å². The van der Waals surface area contributed by atoms with E-state index in [1.807, 2.05) is 0 Å². The van der Waals surface area contributed by atoms with Crippen molar-refractivity contribution in [3.63, 3.8) is 0 Å². The zero-order chi connectivity index (χ0) is 31.3. The van der Waals surface area contributed by atoms with E-state index in [1.165, 1.54) is 97.1 Å². The first-order chi connectivity index (χ1) is 23.8. The molecular weight excluding hydrogens is 579 g/mol. The molecule has 11 rings (SSSR count). The normalized spacial score (nSPS) is 12.2. The second-order valence-electron chi connectivity index (χ2n) is 13.0. The molecule has 10 aromatic carbocycles. The quantitative estimate of drug-likeness (QED) is 0.170. The summed E-state index contributed by atoms with van der Waals surface area (Å²) in [5.41, 5.74) is 3.37. The van der Waals surface area contributed by atoms with E-state index in [4.69, 9.17) is 4.98 Å². The zero-order valence-electron chi connectivity index (χ0n) is 26.0. The van der Waals surface area contributed by atoms with Gasteiger partial charge in [-0.1, -0.05) is 152 Å². The standard InChI is InChI=1S/C47H27N/c1-2-14-32-30(12-1)31-13-3-4-17-35(31)42-26-28(24-25-36(32)42)29-22-11-23-41-44-39-20-9-10-21-40(39)45-37-18-7-5-15-33(37)34-16-6-8-19-38(34)46(45)43(44)27-48-47(29)41/h1-27H. The number of para-hydroxylation sites is 1. The zero-order valence-corrected chi connectivity index (χ0v) is 26.0. The minimum atomic E-state index is 1.03. The van der Waals surface area contributed by atoms with E-state index in [-0.39, 0.29) is 0 Å². The number of rotatable bonds is 1. The van der Waals surface area contributed by atoms with Crippen LogP contribution in [-0.2, 0) is 0 Å². The van der Waals surface area contributed by atoms with Crippen LogP contribution in [-0.4, -0.2) is 4.98 Å². The van der Waals surface area contributed by atoms with E-state index >= 15 is 0 Å². The van der Waals surface area contributed by atoms with Crippen LogP contribution in [0.1, 0.15) is 0 Å². The van der Waals surface area contributed by atoms with Gasteiger partial charge in [0.15, 0.2) is 0 Å². The molecule has 0 amide bonds. The highest BCUT2D eigenvalue weighted by Gasteiger charge is 2.19. The predicted octanol–water partition coefficient (Wildman–Crippen LogP) is 13.1. The molecule has 0 unspecified atom stereocenters. The molecule has 0 fully saturated rings. The molecule has 1 heteroatoms. The lowest BCUT2D eigenvalue weighted by Crippen LogP contribution is -1.92. The van der Waals surface area contributed by atoms with Crippen molar-refractivity contribution in [3.8, 4) is 11.1 Å². The van der Waals surface area contributed by atoms with Crippen molar-refractivity contribution in [3.05, 3.63) is 164 Å². The highest BCUT2D eigenvalue weighted by molar-refractivity contribution is 6.41. The summed E-state index contributed by atoms with van der Waals surface area (Å²) in [6, 6.07) is 57.9. The number of aromatic nitrogens is 1. The third-order valence-corrected chi connectivity index (χ3v) is 10.6. The van der Waals surface area contributed by atoms with Gasteiger partial charge in [0, 0.05) is 33.3 Å². The van der Waals surface area contributed by atoms with Crippen molar-refractivity contribution in [2.75, 3.05) is 0 Å². The van der Waals surface area contributed by atoms with Crippen LogP contribution < -0.4 is 0 Å². The molecule has 0 aliphatic rings. The Kier molecular flexibility index (Phi) is 5.17. The van der Waals surface area contributed by atoms with Crippen LogP contribution >= 0.6 is 0 Å². The molecule has 0 atom stereocenters. The largest absolute Gasteiger partial charge is 0.255 e. The average Bonchev–Trinajstić information content (AvgIpc) is 3.17. The molecule has 1 heterocycles. The maximum atomic E-state index is 5.32. The highest BCUT2D eigenvalue weighted by atomic mass is 14.7. The molecule has 1 nitrogen and oxygen atoms in total. The van der Waals surface area contributed by atoms with Crippen molar-refractivity contribution in [1.29, 1.82) is 0 Å². The van der Waals surface area contributed by atoms with Crippen LogP contribution in [0.25, 0.3) is 108 Å². The molecular formula is C47H27N. The first kappa shape index (κ1) is 25.8. The molecule has 0 saturated carbocycles. The molecule has 0 radical (unpaired) electrons. The first-order valence-electron chi connectivity index (χ1n) is 16.6. The lowest BCUT2D eigenvalue weighted by atomic mass is 9.86. The fraction of sp³-hybridized carbons (Fsp3) is 0. The second-order valence-corrected chi connectivity index (χ2v) is 13.0. The van der Waals surface area contributed by atoms with Gasteiger partial charge in [0.25, 0.3) is 0 Å². The van der Waals surface area contributed by atoms with Crippen molar-refractivity contribution >= 4 is 97.1 Å². The summed E-state index contributed by atoms with van der Waals surface area (Å²) >= 11 is 0. The van der Waals surface area contributed by atoms with Gasteiger partial charge >= 0.3 is 0 Å². The third-order valence-electron chi connectivity index (χ3n) is 10.6. The van der Waals surface area contributed by atoms with Crippen molar-refractivity contribution in [2.24, 2.45) is 0 Å². The number of benzene rings is 10. The van der Waals surface area contributed by atoms with Gasteiger partial charge in [0.05, 0.1) is 5.52 Å². The van der Waals surface area contributed by atoms with E-state index < -0.39 is 0 Å². The highest BCUT2D eigenvalue weighted by Crippen LogP contribution is 2.46. The SMILES string of the molecule is c1ccc2c(c1)c1ccccc1c1cc(-c3cccc4c3ncc3c4c4ccccc4c4c5ccccc5c5ccccc5c34)ccc21. The van der Waals surface area contributed by atoms with E-state index in [0.717, 1.165) is 11.1 Å². The van der Waals surface area contributed by atoms with E-state index in [0.29, 0.717) is 0 Å². The topological polar surface area (TPSA) is 12.9 Å². The summed E-state index contributed by atoms with van der Waals surface area (Å²) in [5.74, 6) is 0. The van der Waals surface area contributed by atoms with Crippen molar-refractivity contribution in [2.45, 2.75) is 0 Å². The number of nitrogens with zero attached hydrogens (tertiary/aromatic N) is 1. The van der Waals surface area contributed by atoms with Crippen molar-refractivity contribution < 1.29 is 0 Å². The summed E-state index contributed by atoms with van der Waals surface area (Å²) < 4.78 is 0. The summed E-state index contributed by atoms with van der Waals surface area (Å²) in [6.07, 6.45) is 2.14. The molecule has 0 spiro atoms. The summed E-state index contributed by atoms with van der Waals surface area (Å²) in [4.78, 5) is 5.32. The fourth-order valence-corrected chi connectivity index (χ4v) is 8.63. The van der Waals surface area contributed by atoms with E-state index in [1.54, 1.807) is 0 Å². The van der Waals surface area contributed by atoms with E-state index in [9.17, 15) is 0 Å². The Morgan fingerprint density at radius 3 is 1.23 bits per heavy atom. The predicted molar refractivity (Wildman–Crippen MR) is 207 cm³/mol. The van der Waals surface area contributed by atoms with Gasteiger partial charge in [0.1, 0.15) is 0 Å². The Morgan fingerprint density at radius 2 is 0.667 bits per heavy atom. The number of pyridine rings is 1. The lowest BCUT2D eigenvalue weighted by molar-refractivity contribution is 1.45. The average molecular weight is 606 g/mol. The molecule has 0 saturated heterocycles.